The smallest absolute Gasteiger partial charge is 0.0599 e. The van der Waals surface area contributed by atoms with E-state index in [9.17, 15) is 0 Å². The van der Waals surface area contributed by atoms with Gasteiger partial charge in [0.05, 0.1) is 6.10 Å². The van der Waals surface area contributed by atoms with Gasteiger partial charge in [0, 0.05) is 32.8 Å². The fourth-order valence-corrected chi connectivity index (χ4v) is 3.32. The zero-order valence-electron chi connectivity index (χ0n) is 12.4. The summed E-state index contributed by atoms with van der Waals surface area (Å²) in [7, 11) is 0. The second-order valence-electron chi connectivity index (χ2n) is 6.72. The van der Waals surface area contributed by atoms with Crippen molar-refractivity contribution in [2.24, 2.45) is 5.92 Å². The molecular weight excluding hydrogens is 236 g/mol. The lowest BCUT2D eigenvalue weighted by molar-refractivity contribution is 0.000763. The molecule has 0 amide bonds. The van der Waals surface area contributed by atoms with Gasteiger partial charge in [0.1, 0.15) is 0 Å². The van der Waals surface area contributed by atoms with Crippen LogP contribution in [0.25, 0.3) is 0 Å². The molecule has 3 rings (SSSR count). The van der Waals surface area contributed by atoms with E-state index < -0.39 is 0 Å². The molecule has 3 fully saturated rings. The van der Waals surface area contributed by atoms with Crippen molar-refractivity contribution < 1.29 is 4.74 Å². The van der Waals surface area contributed by atoms with Crippen molar-refractivity contribution in [3.63, 3.8) is 0 Å². The average molecular weight is 266 g/mol. The first-order chi connectivity index (χ1) is 9.40. The van der Waals surface area contributed by atoms with Gasteiger partial charge in [-0.3, -0.25) is 0 Å². The Morgan fingerprint density at radius 1 is 0.737 bits per heavy atom. The molecule has 2 aliphatic heterocycles. The van der Waals surface area contributed by atoms with E-state index in [-0.39, 0.29) is 0 Å². The molecule has 0 N–H and O–H groups in total. The summed E-state index contributed by atoms with van der Waals surface area (Å²) < 4.78 is 6.01. The van der Waals surface area contributed by atoms with Crippen molar-refractivity contribution in [3.05, 3.63) is 0 Å². The molecule has 3 heteroatoms. The van der Waals surface area contributed by atoms with Gasteiger partial charge in [0.25, 0.3) is 0 Å². The van der Waals surface area contributed by atoms with E-state index in [4.69, 9.17) is 4.74 Å². The third-order valence-electron chi connectivity index (χ3n) is 4.98. The highest BCUT2D eigenvalue weighted by Gasteiger charge is 2.25. The SMILES string of the molecule is C1CCN(CCN2CCC(OCC3CC3)CC2)CC1. The van der Waals surface area contributed by atoms with Gasteiger partial charge in [0.15, 0.2) is 0 Å². The minimum absolute atomic E-state index is 0.562. The highest BCUT2D eigenvalue weighted by atomic mass is 16.5. The standard InChI is InChI=1S/C16H30N2O/c1-2-8-17(9-3-1)12-13-18-10-6-16(7-11-18)19-14-15-4-5-15/h15-16H,1-14H2. The van der Waals surface area contributed by atoms with E-state index in [1.165, 1.54) is 84.2 Å². The largest absolute Gasteiger partial charge is 0.378 e. The third-order valence-corrected chi connectivity index (χ3v) is 4.98. The van der Waals surface area contributed by atoms with Crippen molar-refractivity contribution in [1.82, 2.24) is 9.80 Å². The molecule has 0 spiro atoms. The predicted molar refractivity (Wildman–Crippen MR) is 78.4 cm³/mol. The number of hydrogen-bond donors (Lipinski definition) is 0. The molecule has 19 heavy (non-hydrogen) atoms. The summed E-state index contributed by atoms with van der Waals surface area (Å²) in [5.74, 6) is 0.914. The number of hydrogen-bond acceptors (Lipinski definition) is 3. The van der Waals surface area contributed by atoms with Crippen molar-refractivity contribution in [1.29, 1.82) is 0 Å². The van der Waals surface area contributed by atoms with Gasteiger partial charge in [-0.05, 0) is 57.5 Å². The van der Waals surface area contributed by atoms with Gasteiger partial charge >= 0.3 is 0 Å². The molecule has 0 radical (unpaired) electrons. The van der Waals surface area contributed by atoms with Crippen LogP contribution >= 0.6 is 0 Å². The molecule has 3 aliphatic rings. The first-order valence-electron chi connectivity index (χ1n) is 8.46. The van der Waals surface area contributed by atoms with Gasteiger partial charge in [-0.25, -0.2) is 0 Å². The van der Waals surface area contributed by atoms with Gasteiger partial charge in [-0.15, -0.1) is 0 Å². The summed E-state index contributed by atoms with van der Waals surface area (Å²) in [6, 6.07) is 0. The minimum Gasteiger partial charge on any atom is -0.378 e. The van der Waals surface area contributed by atoms with Crippen molar-refractivity contribution in [2.45, 2.75) is 51.0 Å². The van der Waals surface area contributed by atoms with Crippen LogP contribution in [0.5, 0.6) is 0 Å². The van der Waals surface area contributed by atoms with Crippen LogP contribution in [0.1, 0.15) is 44.9 Å². The van der Waals surface area contributed by atoms with Crippen LogP contribution in [-0.4, -0.2) is 61.8 Å². The Morgan fingerprint density at radius 2 is 1.37 bits per heavy atom. The first kappa shape index (κ1) is 13.8. The van der Waals surface area contributed by atoms with E-state index in [2.05, 4.69) is 9.80 Å². The minimum atomic E-state index is 0.562. The fourth-order valence-electron chi connectivity index (χ4n) is 3.32. The molecule has 0 unspecified atom stereocenters. The summed E-state index contributed by atoms with van der Waals surface area (Å²) >= 11 is 0. The molecule has 1 aliphatic carbocycles. The lowest BCUT2D eigenvalue weighted by Crippen LogP contribution is -2.42. The highest BCUT2D eigenvalue weighted by Crippen LogP contribution is 2.30. The lowest BCUT2D eigenvalue weighted by atomic mass is 10.1. The molecule has 0 bridgehead atoms. The van der Waals surface area contributed by atoms with E-state index in [0.717, 1.165) is 12.5 Å². The lowest BCUT2D eigenvalue weighted by Gasteiger charge is -2.34. The highest BCUT2D eigenvalue weighted by molar-refractivity contribution is 4.77. The Balaban J connectivity index is 1.26. The summed E-state index contributed by atoms with van der Waals surface area (Å²) in [6.45, 7) is 8.77. The summed E-state index contributed by atoms with van der Waals surface area (Å²) in [5.41, 5.74) is 0. The molecule has 2 saturated heterocycles. The number of nitrogens with zero attached hydrogens (tertiary/aromatic N) is 2. The van der Waals surface area contributed by atoms with Gasteiger partial charge < -0.3 is 14.5 Å². The zero-order valence-corrected chi connectivity index (χ0v) is 12.4. The molecule has 0 aromatic heterocycles. The van der Waals surface area contributed by atoms with Crippen molar-refractivity contribution in [3.8, 4) is 0 Å². The van der Waals surface area contributed by atoms with Crippen molar-refractivity contribution >= 4 is 0 Å². The maximum atomic E-state index is 6.01. The van der Waals surface area contributed by atoms with Crippen LogP contribution in [0, 0.1) is 5.92 Å². The Hall–Kier alpha value is -0.120. The molecule has 0 aromatic carbocycles. The van der Waals surface area contributed by atoms with Crippen molar-refractivity contribution in [2.75, 3.05) is 45.9 Å². The van der Waals surface area contributed by atoms with Crippen LogP contribution in [0.15, 0.2) is 0 Å². The second kappa shape index (κ2) is 7.05. The van der Waals surface area contributed by atoms with Gasteiger partial charge in [-0.1, -0.05) is 6.42 Å². The fraction of sp³-hybridized carbons (Fsp3) is 1.00. The van der Waals surface area contributed by atoms with Gasteiger partial charge in [-0.2, -0.15) is 0 Å². The third kappa shape index (κ3) is 4.73. The summed E-state index contributed by atoms with van der Waals surface area (Å²) in [4.78, 5) is 5.30. The molecule has 110 valence electrons. The molecule has 0 atom stereocenters. The quantitative estimate of drug-likeness (QED) is 0.734. The predicted octanol–water partition coefficient (Wildman–Crippen LogP) is 2.36. The molecule has 1 saturated carbocycles. The monoisotopic (exact) mass is 266 g/mol. The second-order valence-corrected chi connectivity index (χ2v) is 6.72. The Kier molecular flexibility index (Phi) is 5.14. The maximum absolute atomic E-state index is 6.01. The van der Waals surface area contributed by atoms with Crippen LogP contribution < -0.4 is 0 Å². The first-order valence-corrected chi connectivity index (χ1v) is 8.46. The normalized spacial score (nSPS) is 27.8. The molecule has 0 aromatic rings. The topological polar surface area (TPSA) is 15.7 Å². The average Bonchev–Trinajstić information content (AvgIpc) is 3.29. The molecule has 2 heterocycles. The van der Waals surface area contributed by atoms with E-state index in [0.29, 0.717) is 6.10 Å². The van der Waals surface area contributed by atoms with E-state index in [1.807, 2.05) is 0 Å². The Bertz CT molecular complexity index is 253. The molecular formula is C16H30N2O. The summed E-state index contributed by atoms with van der Waals surface area (Å²) in [5, 5.41) is 0. The van der Waals surface area contributed by atoms with E-state index >= 15 is 0 Å². The van der Waals surface area contributed by atoms with Crippen LogP contribution in [-0.2, 0) is 4.74 Å². The van der Waals surface area contributed by atoms with Crippen LogP contribution in [0.4, 0.5) is 0 Å². The maximum Gasteiger partial charge on any atom is 0.0599 e. The van der Waals surface area contributed by atoms with Gasteiger partial charge in [0.2, 0.25) is 0 Å². The molecule has 3 nitrogen and oxygen atoms in total. The Morgan fingerprint density at radius 3 is 2.00 bits per heavy atom. The number of ether oxygens (including phenoxy) is 1. The van der Waals surface area contributed by atoms with E-state index in [1.54, 1.807) is 0 Å². The number of piperidine rings is 2. The number of likely N-dealkylation sites (tertiary alicyclic amines) is 2. The summed E-state index contributed by atoms with van der Waals surface area (Å²) in [6.07, 6.45) is 10.2. The number of rotatable bonds is 6. The zero-order chi connectivity index (χ0) is 12.9. The van der Waals surface area contributed by atoms with Crippen LogP contribution in [0.2, 0.25) is 0 Å². The Labute approximate surface area is 118 Å². The van der Waals surface area contributed by atoms with Crippen LogP contribution in [0.3, 0.4) is 0 Å².